The number of allylic oxidation sites excluding steroid dienone is 5. The summed E-state index contributed by atoms with van der Waals surface area (Å²) in [5.41, 5.74) is 17.3. The van der Waals surface area contributed by atoms with Gasteiger partial charge < -0.3 is 9.47 Å². The van der Waals surface area contributed by atoms with Crippen LogP contribution in [0.25, 0.3) is 49.8 Å². The molecule has 1 heterocycles. The zero-order valence-electron chi connectivity index (χ0n) is 28.6. The Bertz CT molecular complexity index is 2710. The minimum Gasteiger partial charge on any atom is -0.313 e. The quantitative estimate of drug-likeness (QED) is 0.182. The zero-order chi connectivity index (χ0) is 34.2. The van der Waals surface area contributed by atoms with E-state index in [1.54, 1.807) is 0 Å². The van der Waals surface area contributed by atoms with Crippen LogP contribution >= 0.6 is 0 Å². The van der Waals surface area contributed by atoms with Crippen LogP contribution in [-0.2, 0) is 5.41 Å². The van der Waals surface area contributed by atoms with E-state index in [1.807, 2.05) is 0 Å². The van der Waals surface area contributed by atoms with Gasteiger partial charge in [-0.15, -0.1) is 0 Å². The lowest BCUT2D eigenvalue weighted by molar-refractivity contribution is 0.792. The molecule has 244 valence electrons. The van der Waals surface area contributed by atoms with Gasteiger partial charge >= 0.3 is 0 Å². The Kier molecular flexibility index (Phi) is 6.26. The van der Waals surface area contributed by atoms with Crippen molar-refractivity contribution >= 4 is 38.9 Å². The molecule has 3 aliphatic carbocycles. The average Bonchev–Trinajstić information content (AvgIpc) is 3.73. The normalized spacial score (nSPS) is 14.8. The third kappa shape index (κ3) is 3.89. The lowest BCUT2D eigenvalue weighted by Gasteiger charge is -2.36. The summed E-state index contributed by atoms with van der Waals surface area (Å²) in [5.74, 6) is 0. The molecule has 0 bridgehead atoms. The van der Waals surface area contributed by atoms with Crippen LogP contribution in [0.4, 0.5) is 11.4 Å². The smallest absolute Gasteiger partial charge is 0.0746 e. The van der Waals surface area contributed by atoms with Gasteiger partial charge in [-0.05, 0) is 87.5 Å². The lowest BCUT2D eigenvalue weighted by atomic mass is 9.70. The SMILES string of the molecule is C1=CC(N(c2ccccc2)c2cccc3c2C2(c4ccccc4-c4ccccc42)c2ccccc2-3)=CC=C(n2c3ccccc3c3ccccc32)C1. The maximum Gasteiger partial charge on any atom is 0.0746 e. The second-order valence-corrected chi connectivity index (χ2v) is 14.0. The van der Waals surface area contributed by atoms with Crippen molar-refractivity contribution in [2.75, 3.05) is 4.90 Å². The molecule has 0 saturated carbocycles. The molecule has 2 nitrogen and oxygen atoms in total. The molecule has 0 unspecified atom stereocenters. The number of hydrogen-bond acceptors (Lipinski definition) is 1. The van der Waals surface area contributed by atoms with Crippen LogP contribution < -0.4 is 4.90 Å². The second kappa shape index (κ2) is 11.2. The molecular weight excluding hydrogens is 629 g/mol. The third-order valence-electron chi connectivity index (χ3n) is 11.4. The summed E-state index contributed by atoms with van der Waals surface area (Å²) in [6.45, 7) is 0. The van der Waals surface area contributed by atoms with Crippen molar-refractivity contribution in [2.45, 2.75) is 11.8 Å². The highest BCUT2D eigenvalue weighted by Gasteiger charge is 2.53. The van der Waals surface area contributed by atoms with E-state index in [2.05, 4.69) is 204 Å². The van der Waals surface area contributed by atoms with E-state index in [0.29, 0.717) is 0 Å². The monoisotopic (exact) mass is 662 g/mol. The molecule has 2 heteroatoms. The van der Waals surface area contributed by atoms with Crippen molar-refractivity contribution < 1.29 is 0 Å². The first-order valence-corrected chi connectivity index (χ1v) is 18.2. The molecule has 1 spiro atoms. The fourth-order valence-corrected chi connectivity index (χ4v) is 9.48. The molecule has 0 N–H and O–H groups in total. The standard InChI is InChI=1S/C50H34N2/c1-2-16-34(17-3-1)51(35-18-14-19-36(33-32-35)52-46-29-12-7-23-40(46)41-24-8-13-30-47(41)52)48-31-15-25-42-39-22-6-11-28-45(39)50(49(42)48)43-26-9-4-20-37(43)38-21-5-10-27-44(38)50/h1-18,20-33H,19H2. The number of aromatic nitrogens is 1. The Morgan fingerprint density at radius 3 is 1.62 bits per heavy atom. The van der Waals surface area contributed by atoms with Crippen LogP contribution in [0.5, 0.6) is 0 Å². The minimum absolute atomic E-state index is 0.457. The number of hydrogen-bond donors (Lipinski definition) is 0. The summed E-state index contributed by atoms with van der Waals surface area (Å²) in [7, 11) is 0. The average molecular weight is 663 g/mol. The fraction of sp³-hybridized carbons (Fsp3) is 0.0400. The van der Waals surface area contributed by atoms with Crippen molar-refractivity contribution in [3.05, 3.63) is 222 Å². The number of rotatable bonds is 4. The number of para-hydroxylation sites is 3. The molecule has 8 aromatic rings. The van der Waals surface area contributed by atoms with Gasteiger partial charge in [0, 0.05) is 39.8 Å². The number of fused-ring (bicyclic) bond motifs is 13. The van der Waals surface area contributed by atoms with Crippen molar-refractivity contribution in [3.63, 3.8) is 0 Å². The summed E-state index contributed by atoms with van der Waals surface area (Å²) in [4.78, 5) is 2.48. The molecule has 0 aliphatic heterocycles. The van der Waals surface area contributed by atoms with Crippen LogP contribution in [0.3, 0.4) is 0 Å². The maximum atomic E-state index is 2.48. The van der Waals surface area contributed by atoms with Crippen molar-refractivity contribution in [1.29, 1.82) is 0 Å². The summed E-state index contributed by atoms with van der Waals surface area (Å²) in [6, 6.07) is 62.5. The Hall–Kier alpha value is -6.64. The molecule has 0 amide bonds. The van der Waals surface area contributed by atoms with Crippen molar-refractivity contribution in [2.24, 2.45) is 0 Å². The number of nitrogens with zero attached hydrogens (tertiary/aromatic N) is 2. The largest absolute Gasteiger partial charge is 0.313 e. The molecule has 1 aromatic heterocycles. The van der Waals surface area contributed by atoms with Crippen LogP contribution in [0, 0.1) is 0 Å². The highest BCUT2D eigenvalue weighted by molar-refractivity contribution is 6.10. The van der Waals surface area contributed by atoms with E-state index in [-0.39, 0.29) is 0 Å². The van der Waals surface area contributed by atoms with E-state index in [4.69, 9.17) is 0 Å². The second-order valence-electron chi connectivity index (χ2n) is 14.0. The molecule has 0 saturated heterocycles. The third-order valence-corrected chi connectivity index (χ3v) is 11.4. The minimum atomic E-state index is -0.457. The zero-order valence-corrected chi connectivity index (χ0v) is 28.6. The van der Waals surface area contributed by atoms with Gasteiger partial charge in [-0.2, -0.15) is 0 Å². The molecule has 7 aromatic carbocycles. The first-order valence-electron chi connectivity index (χ1n) is 18.2. The van der Waals surface area contributed by atoms with Gasteiger partial charge in [0.15, 0.2) is 0 Å². The Labute approximate surface area is 303 Å². The van der Waals surface area contributed by atoms with Gasteiger partial charge in [-0.1, -0.05) is 146 Å². The van der Waals surface area contributed by atoms with Gasteiger partial charge in [0.2, 0.25) is 0 Å². The van der Waals surface area contributed by atoms with Gasteiger partial charge in [-0.3, -0.25) is 0 Å². The van der Waals surface area contributed by atoms with Crippen molar-refractivity contribution in [3.8, 4) is 22.3 Å². The molecule has 0 fully saturated rings. The Morgan fingerprint density at radius 2 is 0.981 bits per heavy atom. The summed E-state index contributed by atoms with van der Waals surface area (Å²) >= 11 is 0. The lowest BCUT2D eigenvalue weighted by Crippen LogP contribution is -2.29. The highest BCUT2D eigenvalue weighted by atomic mass is 15.2. The van der Waals surface area contributed by atoms with Crippen LogP contribution in [0.1, 0.15) is 28.7 Å². The topological polar surface area (TPSA) is 8.17 Å². The number of anilines is 2. The predicted molar refractivity (Wildman–Crippen MR) is 217 cm³/mol. The highest BCUT2D eigenvalue weighted by Crippen LogP contribution is 2.65. The molecular formula is C50H34N2. The summed E-state index contributed by atoms with van der Waals surface area (Å²) < 4.78 is 2.44. The predicted octanol–water partition coefficient (Wildman–Crippen LogP) is 12.7. The van der Waals surface area contributed by atoms with Gasteiger partial charge in [-0.25, -0.2) is 0 Å². The van der Waals surface area contributed by atoms with E-state index < -0.39 is 5.41 Å². The van der Waals surface area contributed by atoms with Gasteiger partial charge in [0.05, 0.1) is 22.1 Å². The van der Waals surface area contributed by atoms with Gasteiger partial charge in [0.1, 0.15) is 0 Å². The van der Waals surface area contributed by atoms with E-state index >= 15 is 0 Å². The Morgan fingerprint density at radius 1 is 0.462 bits per heavy atom. The summed E-state index contributed by atoms with van der Waals surface area (Å²) in [6.07, 6.45) is 10.1. The first-order chi connectivity index (χ1) is 25.8. The van der Waals surface area contributed by atoms with Crippen molar-refractivity contribution in [1.82, 2.24) is 4.57 Å². The molecule has 52 heavy (non-hydrogen) atoms. The number of benzene rings is 7. The summed E-state index contributed by atoms with van der Waals surface area (Å²) in [5, 5.41) is 2.56. The first kappa shape index (κ1) is 29.1. The van der Waals surface area contributed by atoms with Gasteiger partial charge in [0.25, 0.3) is 0 Å². The molecule has 0 radical (unpaired) electrons. The fourth-order valence-electron chi connectivity index (χ4n) is 9.48. The molecule has 0 atom stereocenters. The molecule has 11 rings (SSSR count). The van der Waals surface area contributed by atoms with Crippen LogP contribution in [0.2, 0.25) is 0 Å². The van der Waals surface area contributed by atoms with E-state index in [1.165, 1.54) is 77.7 Å². The van der Waals surface area contributed by atoms with Crippen LogP contribution in [-0.4, -0.2) is 4.57 Å². The van der Waals surface area contributed by atoms with E-state index in [9.17, 15) is 0 Å². The van der Waals surface area contributed by atoms with E-state index in [0.717, 1.165) is 17.8 Å². The molecule has 3 aliphatic rings. The van der Waals surface area contributed by atoms with Crippen LogP contribution in [0.15, 0.2) is 200 Å². The maximum absolute atomic E-state index is 2.48. The Balaban J connectivity index is 1.18.